The Balaban J connectivity index is 0. The molecule has 0 aromatic rings. The Bertz CT molecular complexity index is 44.9. The minimum absolute atomic E-state index is 0. The van der Waals surface area contributed by atoms with E-state index >= 15 is 0 Å². The Labute approximate surface area is 41.5 Å². The minimum Gasteiger partial charge on any atom is -0.365 e. The molecule has 0 saturated carbocycles. The molecule has 0 saturated heterocycles. The van der Waals surface area contributed by atoms with Crippen molar-refractivity contribution >= 4 is 5.94 Å². The fraction of sp³-hybridized carbons (Fsp3) is 0. The summed E-state index contributed by atoms with van der Waals surface area (Å²) in [5, 5.41) is 0. The Kier molecular flexibility index (Phi) is 16.2. The van der Waals surface area contributed by atoms with Crippen molar-refractivity contribution in [2.45, 2.75) is 0 Å². The molecule has 0 amide bonds. The molecule has 0 bridgehead atoms. The Morgan fingerprint density at radius 2 is 2.00 bits per heavy atom. The van der Waals surface area contributed by atoms with Crippen LogP contribution in [-0.4, -0.2) is 5.94 Å². The van der Waals surface area contributed by atoms with Gasteiger partial charge in [0.1, 0.15) is 0 Å². The molecule has 0 spiro atoms. The second-order valence-electron chi connectivity index (χ2n) is 0.322. The Morgan fingerprint density at radius 1 is 1.80 bits per heavy atom. The maximum atomic E-state index is 8.93. The average molecular weight is 111 g/mol. The summed E-state index contributed by atoms with van der Waals surface area (Å²) in [4.78, 5) is 8.93. The first kappa shape index (κ1) is 8.85. The van der Waals surface area contributed by atoms with Crippen LogP contribution in [-0.2, 0) is 21.9 Å². The van der Waals surface area contributed by atoms with Gasteiger partial charge in [-0.25, -0.2) is 6.92 Å². The van der Waals surface area contributed by atoms with Crippen LogP contribution in [0.5, 0.6) is 0 Å². The number of carbonyl (C=O) groups excluding carboxylic acids is 1. The van der Waals surface area contributed by atoms with Crippen LogP contribution >= 0.6 is 0 Å². The second-order valence-corrected chi connectivity index (χ2v) is 0.322. The van der Waals surface area contributed by atoms with E-state index in [1.165, 1.54) is 5.94 Å². The quantitative estimate of drug-likeness (QED) is 0.248. The molecule has 5 heavy (non-hydrogen) atoms. The molecule has 0 atom stereocenters. The van der Waals surface area contributed by atoms with Gasteiger partial charge in [0.05, 0.1) is 0 Å². The molecule has 0 heterocycles. The molecule has 0 unspecified atom stereocenters. The van der Waals surface area contributed by atoms with Crippen LogP contribution in [0.4, 0.5) is 0 Å². The van der Waals surface area contributed by atoms with Crippen LogP contribution in [0, 0.1) is 6.92 Å². The van der Waals surface area contributed by atoms with Gasteiger partial charge in [0, 0.05) is 0 Å². The third kappa shape index (κ3) is 18.4. The van der Waals surface area contributed by atoms with Crippen molar-refractivity contribution in [1.82, 2.24) is 0 Å². The summed E-state index contributed by atoms with van der Waals surface area (Å²) in [5.41, 5.74) is 0. The van der Waals surface area contributed by atoms with E-state index in [1.807, 2.05) is 0 Å². The van der Waals surface area contributed by atoms with Gasteiger partial charge in [0.2, 0.25) is 0 Å². The van der Waals surface area contributed by atoms with E-state index in [9.17, 15) is 0 Å². The number of hydrogen-bond acceptors (Lipinski definition) is 1. The Hall–Kier alpha value is -0.161. The molecule has 0 aliphatic carbocycles. The monoisotopic (exact) mass is 111 g/mol. The number of hydrogen-bond donors (Lipinski definition) is 0. The van der Waals surface area contributed by atoms with Crippen molar-refractivity contribution < 1.29 is 21.9 Å². The van der Waals surface area contributed by atoms with Crippen molar-refractivity contribution in [3.05, 3.63) is 13.0 Å². The average Bonchev–Trinajstić information content (AvgIpc) is 1.37. The standard InChI is InChI=1S/C3H3O.Fe/c1-2-3-4;/h2H,1H2;/q-1;+2. The number of rotatable bonds is 0. The Morgan fingerprint density at radius 3 is 2.00 bits per heavy atom. The van der Waals surface area contributed by atoms with Crippen molar-refractivity contribution in [1.29, 1.82) is 0 Å². The van der Waals surface area contributed by atoms with E-state index in [4.69, 9.17) is 4.79 Å². The van der Waals surface area contributed by atoms with Crippen molar-refractivity contribution in [3.63, 3.8) is 0 Å². The maximum Gasteiger partial charge on any atom is 2.00 e. The zero-order valence-electron chi connectivity index (χ0n) is 2.55. The van der Waals surface area contributed by atoms with E-state index < -0.39 is 0 Å². The van der Waals surface area contributed by atoms with Gasteiger partial charge in [-0.1, -0.05) is 0 Å². The molecule has 0 aliphatic heterocycles. The molecule has 1 nitrogen and oxygen atoms in total. The molecule has 0 aromatic heterocycles. The molecule has 28 valence electrons. The molecule has 0 radical (unpaired) electrons. The van der Waals surface area contributed by atoms with Crippen molar-refractivity contribution in [3.8, 4) is 0 Å². The molecule has 2 heteroatoms. The minimum atomic E-state index is 0. The van der Waals surface area contributed by atoms with Gasteiger partial charge in [-0.2, -0.15) is 6.08 Å². The van der Waals surface area contributed by atoms with Gasteiger partial charge in [-0.3, -0.25) is 0 Å². The zero-order chi connectivity index (χ0) is 3.41. The first-order valence-electron chi connectivity index (χ1n) is 0.901. The summed E-state index contributed by atoms with van der Waals surface area (Å²) in [5.74, 6) is 1.44. The smallest absolute Gasteiger partial charge is 0.365 e. The van der Waals surface area contributed by atoms with Gasteiger partial charge >= 0.3 is 17.1 Å². The SMILES string of the molecule is [CH2-]C=C=O.[Fe+2]. The summed E-state index contributed by atoms with van der Waals surface area (Å²) >= 11 is 0. The van der Waals surface area contributed by atoms with Crippen LogP contribution in [0.3, 0.4) is 0 Å². The van der Waals surface area contributed by atoms with Gasteiger partial charge in [0.25, 0.3) is 0 Å². The van der Waals surface area contributed by atoms with Gasteiger partial charge in [-0.15, -0.1) is 5.94 Å². The maximum absolute atomic E-state index is 8.93. The summed E-state index contributed by atoms with van der Waals surface area (Å²) < 4.78 is 0. The summed E-state index contributed by atoms with van der Waals surface area (Å²) in [7, 11) is 0. The van der Waals surface area contributed by atoms with Gasteiger partial charge in [-0.05, 0) is 0 Å². The third-order valence-electron chi connectivity index (χ3n) is 0.0833. The largest absolute Gasteiger partial charge is 2.00 e. The predicted octanol–water partition coefficient (Wildman–Crippen LogP) is 0.206. The summed E-state index contributed by atoms with van der Waals surface area (Å²) in [6.07, 6.45) is 1.07. The fourth-order valence-electron chi connectivity index (χ4n) is 0. The van der Waals surface area contributed by atoms with E-state index in [0.717, 1.165) is 6.08 Å². The molecule has 0 aromatic carbocycles. The van der Waals surface area contributed by atoms with E-state index in [0.29, 0.717) is 0 Å². The predicted molar refractivity (Wildman–Crippen MR) is 15.6 cm³/mol. The second kappa shape index (κ2) is 9.15. The first-order valence-corrected chi connectivity index (χ1v) is 0.901. The fourth-order valence-corrected chi connectivity index (χ4v) is 0. The molecule has 0 rings (SSSR count). The summed E-state index contributed by atoms with van der Waals surface area (Å²) in [6.45, 7) is 3.06. The van der Waals surface area contributed by atoms with Crippen molar-refractivity contribution in [2.24, 2.45) is 0 Å². The molecule has 0 N–H and O–H groups in total. The molecular weight excluding hydrogens is 108 g/mol. The molecule has 0 aliphatic rings. The van der Waals surface area contributed by atoms with E-state index in [1.54, 1.807) is 0 Å². The van der Waals surface area contributed by atoms with E-state index in [-0.39, 0.29) is 17.1 Å². The normalized spacial score (nSPS) is 3.20. The zero-order valence-corrected chi connectivity index (χ0v) is 3.65. The van der Waals surface area contributed by atoms with E-state index in [2.05, 4.69) is 6.92 Å². The van der Waals surface area contributed by atoms with Crippen LogP contribution in [0.1, 0.15) is 0 Å². The van der Waals surface area contributed by atoms with Gasteiger partial charge in [0.15, 0.2) is 0 Å². The molecular formula is C3H3FeO+. The first-order chi connectivity index (χ1) is 1.91. The summed E-state index contributed by atoms with van der Waals surface area (Å²) in [6, 6.07) is 0. The molecule has 0 fully saturated rings. The van der Waals surface area contributed by atoms with Crippen LogP contribution in [0.15, 0.2) is 6.08 Å². The van der Waals surface area contributed by atoms with Crippen molar-refractivity contribution in [2.75, 3.05) is 0 Å². The third-order valence-corrected chi connectivity index (χ3v) is 0.0833. The topological polar surface area (TPSA) is 17.1 Å². The van der Waals surface area contributed by atoms with Crippen LogP contribution in [0.25, 0.3) is 0 Å². The number of allylic oxidation sites excluding steroid dienone is 1. The van der Waals surface area contributed by atoms with Gasteiger partial charge < -0.3 is 4.79 Å². The van der Waals surface area contributed by atoms with Crippen LogP contribution < -0.4 is 0 Å². The van der Waals surface area contributed by atoms with Crippen LogP contribution in [0.2, 0.25) is 0 Å².